The zero-order chi connectivity index (χ0) is 18.7. The molecule has 0 aromatic carbocycles. The van der Waals surface area contributed by atoms with Crippen molar-refractivity contribution in [2.45, 2.75) is 63.2 Å². The van der Waals surface area contributed by atoms with E-state index in [1.807, 2.05) is 11.8 Å². The van der Waals surface area contributed by atoms with Gasteiger partial charge in [0, 0.05) is 44.2 Å². The molecule has 7 nitrogen and oxygen atoms in total. The predicted molar refractivity (Wildman–Crippen MR) is 98.4 cm³/mol. The van der Waals surface area contributed by atoms with Gasteiger partial charge in [0.05, 0.1) is 0 Å². The summed E-state index contributed by atoms with van der Waals surface area (Å²) in [7, 11) is 0. The molecule has 2 saturated heterocycles. The van der Waals surface area contributed by atoms with Crippen molar-refractivity contribution >= 4 is 5.91 Å². The lowest BCUT2D eigenvalue weighted by atomic mass is 9.73. The zero-order valence-electron chi connectivity index (χ0n) is 16.3. The maximum absolute atomic E-state index is 12.3. The van der Waals surface area contributed by atoms with Crippen molar-refractivity contribution in [1.82, 2.24) is 15.0 Å². The Balaban J connectivity index is 1.45. The van der Waals surface area contributed by atoms with Gasteiger partial charge < -0.3 is 18.9 Å². The molecule has 3 heterocycles. The Labute approximate surface area is 160 Å². The number of carbonyl (C=O) groups excluding carboxylic acids is 1. The molecular weight excluding hydrogens is 346 g/mol. The van der Waals surface area contributed by atoms with Gasteiger partial charge in [-0.05, 0) is 44.9 Å². The van der Waals surface area contributed by atoms with Crippen LogP contribution in [0, 0.1) is 5.92 Å². The molecule has 0 radical (unpaired) electrons. The first-order valence-electron chi connectivity index (χ1n) is 10.5. The smallest absolute Gasteiger partial charge is 0.248 e. The van der Waals surface area contributed by atoms with Crippen LogP contribution in [0.4, 0.5) is 0 Å². The Morgan fingerprint density at radius 2 is 1.96 bits per heavy atom. The molecule has 4 rings (SSSR count). The number of amides is 1. The van der Waals surface area contributed by atoms with Gasteiger partial charge >= 0.3 is 0 Å². The van der Waals surface area contributed by atoms with E-state index in [9.17, 15) is 4.79 Å². The maximum Gasteiger partial charge on any atom is 0.248 e. The summed E-state index contributed by atoms with van der Waals surface area (Å²) in [5.74, 6) is 2.84. The number of rotatable bonds is 7. The van der Waals surface area contributed by atoms with Crippen LogP contribution in [-0.2, 0) is 19.7 Å². The van der Waals surface area contributed by atoms with Crippen molar-refractivity contribution in [2.75, 3.05) is 39.5 Å². The van der Waals surface area contributed by atoms with Gasteiger partial charge in [-0.2, -0.15) is 4.98 Å². The van der Waals surface area contributed by atoms with Crippen LogP contribution in [-0.4, -0.2) is 60.5 Å². The van der Waals surface area contributed by atoms with E-state index in [0.717, 1.165) is 76.0 Å². The number of hydrogen-bond donors (Lipinski definition) is 0. The summed E-state index contributed by atoms with van der Waals surface area (Å²) in [5, 5.41) is 4.43. The van der Waals surface area contributed by atoms with Crippen molar-refractivity contribution in [3.63, 3.8) is 0 Å². The molecule has 0 N–H and O–H groups in total. The SMILES string of the molecule is CCOCC(=O)N1CCC(CC2CC2)(c2noc(C3CCOCC3)n2)CC1. The van der Waals surface area contributed by atoms with Crippen LogP contribution in [0.25, 0.3) is 0 Å². The van der Waals surface area contributed by atoms with Gasteiger partial charge in [-0.3, -0.25) is 4.79 Å². The second kappa shape index (κ2) is 8.27. The molecule has 150 valence electrons. The summed E-state index contributed by atoms with van der Waals surface area (Å²) < 4.78 is 16.4. The minimum atomic E-state index is -0.0452. The summed E-state index contributed by atoms with van der Waals surface area (Å²) in [5.41, 5.74) is -0.0452. The zero-order valence-corrected chi connectivity index (χ0v) is 16.3. The molecule has 3 aliphatic rings. The van der Waals surface area contributed by atoms with E-state index in [1.165, 1.54) is 12.8 Å². The minimum absolute atomic E-state index is 0.0452. The Kier molecular flexibility index (Phi) is 5.78. The second-order valence-corrected chi connectivity index (χ2v) is 8.29. The lowest BCUT2D eigenvalue weighted by molar-refractivity contribution is -0.137. The largest absolute Gasteiger partial charge is 0.381 e. The van der Waals surface area contributed by atoms with E-state index >= 15 is 0 Å². The molecule has 27 heavy (non-hydrogen) atoms. The lowest BCUT2D eigenvalue weighted by Crippen LogP contribution is -2.47. The van der Waals surface area contributed by atoms with Gasteiger partial charge in [-0.25, -0.2) is 0 Å². The van der Waals surface area contributed by atoms with Gasteiger partial charge in [0.25, 0.3) is 0 Å². The van der Waals surface area contributed by atoms with E-state index in [1.54, 1.807) is 0 Å². The van der Waals surface area contributed by atoms with Gasteiger partial charge in [-0.15, -0.1) is 0 Å². The molecule has 0 spiro atoms. The Bertz CT molecular complexity index is 629. The van der Waals surface area contributed by atoms with Crippen molar-refractivity contribution in [3.8, 4) is 0 Å². The highest BCUT2D eigenvalue weighted by Crippen LogP contribution is 2.46. The standard InChI is InChI=1S/C20H31N3O4/c1-2-25-14-17(24)23-9-7-20(8-10-23,13-15-3-4-15)19-21-18(27-22-19)16-5-11-26-12-6-16/h15-16H,2-14H2,1H3. The molecule has 1 aliphatic carbocycles. The third-order valence-electron chi connectivity index (χ3n) is 6.37. The quantitative estimate of drug-likeness (QED) is 0.727. The van der Waals surface area contributed by atoms with Crippen LogP contribution in [0.15, 0.2) is 4.52 Å². The molecule has 1 saturated carbocycles. The molecular formula is C20H31N3O4. The number of piperidine rings is 1. The first-order valence-corrected chi connectivity index (χ1v) is 10.5. The molecule has 0 bridgehead atoms. The number of likely N-dealkylation sites (tertiary alicyclic amines) is 1. The molecule has 1 aromatic rings. The summed E-state index contributed by atoms with van der Waals surface area (Å²) in [6.07, 6.45) is 7.46. The summed E-state index contributed by atoms with van der Waals surface area (Å²) >= 11 is 0. The normalized spacial score (nSPS) is 23.5. The fourth-order valence-electron chi connectivity index (χ4n) is 4.42. The molecule has 7 heteroatoms. The predicted octanol–water partition coefficient (Wildman–Crippen LogP) is 2.66. The van der Waals surface area contributed by atoms with Gasteiger partial charge in [0.15, 0.2) is 5.82 Å². The molecule has 0 unspecified atom stereocenters. The lowest BCUT2D eigenvalue weighted by Gasteiger charge is -2.40. The third kappa shape index (κ3) is 4.35. The van der Waals surface area contributed by atoms with E-state index in [2.05, 4.69) is 5.16 Å². The van der Waals surface area contributed by atoms with Crippen LogP contribution in [0.1, 0.15) is 69.5 Å². The van der Waals surface area contributed by atoms with Crippen molar-refractivity contribution in [3.05, 3.63) is 11.7 Å². The minimum Gasteiger partial charge on any atom is -0.381 e. The fourth-order valence-corrected chi connectivity index (χ4v) is 4.42. The summed E-state index contributed by atoms with van der Waals surface area (Å²) in [6, 6.07) is 0. The van der Waals surface area contributed by atoms with Crippen LogP contribution in [0.2, 0.25) is 0 Å². The highest BCUT2D eigenvalue weighted by Gasteiger charge is 2.45. The molecule has 2 aliphatic heterocycles. The van der Waals surface area contributed by atoms with Gasteiger partial charge in [0.1, 0.15) is 6.61 Å². The number of hydrogen-bond acceptors (Lipinski definition) is 6. The van der Waals surface area contributed by atoms with Crippen LogP contribution >= 0.6 is 0 Å². The van der Waals surface area contributed by atoms with E-state index in [4.69, 9.17) is 19.0 Å². The van der Waals surface area contributed by atoms with Crippen LogP contribution in [0.5, 0.6) is 0 Å². The van der Waals surface area contributed by atoms with Gasteiger partial charge in [0.2, 0.25) is 11.8 Å². The van der Waals surface area contributed by atoms with E-state index in [-0.39, 0.29) is 17.9 Å². The number of ether oxygens (including phenoxy) is 2. The highest BCUT2D eigenvalue weighted by atomic mass is 16.5. The summed E-state index contributed by atoms with van der Waals surface area (Å²) in [6.45, 7) is 5.71. The van der Waals surface area contributed by atoms with Crippen LogP contribution < -0.4 is 0 Å². The van der Waals surface area contributed by atoms with Crippen molar-refractivity contribution in [1.29, 1.82) is 0 Å². The van der Waals surface area contributed by atoms with E-state index < -0.39 is 0 Å². The Hall–Kier alpha value is -1.47. The number of carbonyl (C=O) groups is 1. The van der Waals surface area contributed by atoms with Gasteiger partial charge in [-0.1, -0.05) is 18.0 Å². The molecule has 1 amide bonds. The van der Waals surface area contributed by atoms with E-state index in [0.29, 0.717) is 12.5 Å². The topological polar surface area (TPSA) is 77.7 Å². The maximum atomic E-state index is 12.3. The van der Waals surface area contributed by atoms with Crippen molar-refractivity contribution in [2.24, 2.45) is 5.92 Å². The molecule has 1 aromatic heterocycles. The summed E-state index contributed by atoms with van der Waals surface area (Å²) in [4.78, 5) is 19.1. The third-order valence-corrected chi connectivity index (χ3v) is 6.37. The fraction of sp³-hybridized carbons (Fsp3) is 0.850. The molecule has 3 fully saturated rings. The number of nitrogens with zero attached hydrogens (tertiary/aromatic N) is 3. The second-order valence-electron chi connectivity index (χ2n) is 8.29. The Morgan fingerprint density at radius 3 is 2.63 bits per heavy atom. The average molecular weight is 377 g/mol. The highest BCUT2D eigenvalue weighted by molar-refractivity contribution is 5.77. The first-order chi connectivity index (χ1) is 13.2. The Morgan fingerprint density at radius 1 is 1.22 bits per heavy atom. The van der Waals surface area contributed by atoms with Crippen molar-refractivity contribution < 1.29 is 18.8 Å². The number of aromatic nitrogens is 2. The average Bonchev–Trinajstić information content (AvgIpc) is 3.37. The molecule has 0 atom stereocenters. The first kappa shape index (κ1) is 18.9. The van der Waals surface area contributed by atoms with Crippen LogP contribution in [0.3, 0.4) is 0 Å². The monoisotopic (exact) mass is 377 g/mol.